The number of carbonyl (C=O) groups is 1. The Balaban J connectivity index is 2.15. The van der Waals surface area contributed by atoms with Crippen LogP contribution in [0.3, 0.4) is 0 Å². The molecular formula is C20H18O7S. The van der Waals surface area contributed by atoms with Crippen LogP contribution in [0.1, 0.15) is 21.5 Å². The van der Waals surface area contributed by atoms with E-state index in [1.54, 1.807) is 25.1 Å². The number of hydrogen-bond donors (Lipinski definition) is 2. The standard InChI is InChI=1S/C20H18O7S/c1-12-10-27-20(23)16(12)15-9-8-13(17(18(15)21)19(22)26-2)11-28(24,25)14-6-4-3-5-7-14/h3-10,21,23H,11H2,1-2H3. The van der Waals surface area contributed by atoms with Crippen LogP contribution in [0, 0.1) is 6.92 Å². The number of benzene rings is 2. The van der Waals surface area contributed by atoms with Crippen LogP contribution in [0.4, 0.5) is 0 Å². The van der Waals surface area contributed by atoms with Crippen molar-refractivity contribution in [3.05, 3.63) is 65.4 Å². The Kier molecular flexibility index (Phi) is 5.15. The number of hydrogen-bond acceptors (Lipinski definition) is 7. The number of rotatable bonds is 5. The monoisotopic (exact) mass is 402 g/mol. The highest BCUT2D eigenvalue weighted by atomic mass is 32.2. The van der Waals surface area contributed by atoms with Gasteiger partial charge in [-0.25, -0.2) is 13.2 Å². The molecule has 0 saturated heterocycles. The predicted molar refractivity (Wildman–Crippen MR) is 101 cm³/mol. The van der Waals surface area contributed by atoms with E-state index >= 15 is 0 Å². The molecule has 3 rings (SSSR count). The van der Waals surface area contributed by atoms with E-state index in [1.807, 2.05) is 0 Å². The lowest BCUT2D eigenvalue weighted by molar-refractivity contribution is 0.0596. The number of furan rings is 1. The van der Waals surface area contributed by atoms with Crippen molar-refractivity contribution >= 4 is 15.8 Å². The van der Waals surface area contributed by atoms with E-state index in [0.29, 0.717) is 5.56 Å². The summed E-state index contributed by atoms with van der Waals surface area (Å²) in [6, 6.07) is 10.6. The van der Waals surface area contributed by atoms with Crippen molar-refractivity contribution in [3.63, 3.8) is 0 Å². The number of methoxy groups -OCH3 is 1. The maximum absolute atomic E-state index is 12.7. The lowest BCUT2D eigenvalue weighted by Crippen LogP contribution is -2.12. The molecule has 0 aliphatic heterocycles. The molecule has 0 atom stereocenters. The zero-order valence-corrected chi connectivity index (χ0v) is 16.0. The summed E-state index contributed by atoms with van der Waals surface area (Å²) >= 11 is 0. The lowest BCUT2D eigenvalue weighted by Gasteiger charge is -2.14. The van der Waals surface area contributed by atoms with Crippen LogP contribution >= 0.6 is 0 Å². The van der Waals surface area contributed by atoms with E-state index < -0.39 is 33.3 Å². The van der Waals surface area contributed by atoms with Gasteiger partial charge in [0.15, 0.2) is 9.84 Å². The molecule has 7 nitrogen and oxygen atoms in total. The second kappa shape index (κ2) is 7.40. The van der Waals surface area contributed by atoms with Gasteiger partial charge < -0.3 is 19.4 Å². The van der Waals surface area contributed by atoms with Crippen molar-refractivity contribution in [1.29, 1.82) is 0 Å². The van der Waals surface area contributed by atoms with Gasteiger partial charge in [-0.05, 0) is 30.2 Å². The van der Waals surface area contributed by atoms with Gasteiger partial charge in [0.05, 0.1) is 29.6 Å². The van der Waals surface area contributed by atoms with Crippen LogP contribution in [-0.4, -0.2) is 31.7 Å². The smallest absolute Gasteiger partial charge is 0.341 e. The van der Waals surface area contributed by atoms with Gasteiger partial charge in [-0.3, -0.25) is 0 Å². The molecule has 0 aliphatic carbocycles. The first kappa shape index (κ1) is 19.5. The second-order valence-electron chi connectivity index (χ2n) is 6.16. The third kappa shape index (κ3) is 3.46. The highest BCUT2D eigenvalue weighted by Crippen LogP contribution is 2.42. The van der Waals surface area contributed by atoms with Crippen LogP contribution in [0.25, 0.3) is 11.1 Å². The van der Waals surface area contributed by atoms with Gasteiger partial charge in [-0.15, -0.1) is 0 Å². The van der Waals surface area contributed by atoms with Crippen molar-refractivity contribution in [1.82, 2.24) is 0 Å². The third-order valence-electron chi connectivity index (χ3n) is 4.33. The second-order valence-corrected chi connectivity index (χ2v) is 8.15. The quantitative estimate of drug-likeness (QED) is 0.629. The number of esters is 1. The SMILES string of the molecule is COC(=O)c1c(CS(=O)(=O)c2ccccc2)ccc(-c2c(C)coc2O)c1O. The number of phenols is 1. The van der Waals surface area contributed by atoms with Crippen LogP contribution in [0.2, 0.25) is 0 Å². The zero-order valence-electron chi connectivity index (χ0n) is 15.2. The number of carbonyl (C=O) groups excluding carboxylic acids is 1. The molecule has 0 amide bonds. The minimum absolute atomic E-state index is 0.0811. The molecule has 0 fully saturated rings. The van der Waals surface area contributed by atoms with Gasteiger partial charge in [0.25, 0.3) is 5.95 Å². The molecule has 8 heteroatoms. The maximum Gasteiger partial charge on any atom is 0.341 e. The Morgan fingerprint density at radius 3 is 2.36 bits per heavy atom. The first-order valence-electron chi connectivity index (χ1n) is 8.24. The van der Waals surface area contributed by atoms with Gasteiger partial charge in [-0.1, -0.05) is 30.3 Å². The molecule has 0 bridgehead atoms. The van der Waals surface area contributed by atoms with Gasteiger partial charge in [0, 0.05) is 5.56 Å². The van der Waals surface area contributed by atoms with E-state index in [2.05, 4.69) is 0 Å². The Hall–Kier alpha value is -3.26. The number of aryl methyl sites for hydroxylation is 1. The van der Waals surface area contributed by atoms with Crippen molar-refractivity contribution in [3.8, 4) is 22.8 Å². The zero-order chi connectivity index (χ0) is 20.5. The molecule has 2 aromatic carbocycles. The molecule has 2 N–H and O–H groups in total. The fourth-order valence-electron chi connectivity index (χ4n) is 2.96. The molecule has 0 unspecified atom stereocenters. The summed E-state index contributed by atoms with van der Waals surface area (Å²) in [7, 11) is -2.63. The minimum Gasteiger partial charge on any atom is -0.506 e. The maximum atomic E-state index is 12.7. The summed E-state index contributed by atoms with van der Waals surface area (Å²) in [6.45, 7) is 1.66. The molecular weight excluding hydrogens is 384 g/mol. The molecule has 28 heavy (non-hydrogen) atoms. The predicted octanol–water partition coefficient (Wildman–Crippen LogP) is 3.43. The molecule has 146 valence electrons. The summed E-state index contributed by atoms with van der Waals surface area (Å²) < 4.78 is 35.1. The first-order valence-corrected chi connectivity index (χ1v) is 9.90. The number of ether oxygens (including phenoxy) is 1. The van der Waals surface area contributed by atoms with Crippen LogP contribution < -0.4 is 0 Å². The van der Waals surface area contributed by atoms with Gasteiger partial charge in [0.1, 0.15) is 11.3 Å². The molecule has 0 spiro atoms. The number of sulfone groups is 1. The molecule has 3 aromatic rings. The lowest BCUT2D eigenvalue weighted by atomic mass is 9.97. The topological polar surface area (TPSA) is 114 Å². The molecule has 1 aromatic heterocycles. The van der Waals surface area contributed by atoms with E-state index in [4.69, 9.17) is 9.15 Å². The van der Waals surface area contributed by atoms with Crippen LogP contribution in [0.5, 0.6) is 11.7 Å². The van der Waals surface area contributed by atoms with Crippen LogP contribution in [0.15, 0.2) is 58.0 Å². The van der Waals surface area contributed by atoms with Crippen LogP contribution in [-0.2, 0) is 20.3 Å². The summed E-state index contributed by atoms with van der Waals surface area (Å²) in [5.74, 6) is -2.31. The highest BCUT2D eigenvalue weighted by molar-refractivity contribution is 7.90. The van der Waals surface area contributed by atoms with E-state index in [0.717, 1.165) is 7.11 Å². The van der Waals surface area contributed by atoms with Gasteiger partial charge in [0.2, 0.25) is 0 Å². The van der Waals surface area contributed by atoms with E-state index in [-0.39, 0.29) is 27.1 Å². The molecule has 0 saturated carbocycles. The first-order chi connectivity index (χ1) is 13.3. The van der Waals surface area contributed by atoms with E-state index in [9.17, 15) is 23.4 Å². The largest absolute Gasteiger partial charge is 0.506 e. The number of phenolic OH excluding ortho intramolecular Hbond substituents is 1. The van der Waals surface area contributed by atoms with Gasteiger partial charge in [-0.2, -0.15) is 0 Å². The van der Waals surface area contributed by atoms with Crippen molar-refractivity contribution < 1.29 is 32.6 Å². The Labute approximate surface area is 161 Å². The van der Waals surface area contributed by atoms with Gasteiger partial charge >= 0.3 is 5.97 Å². The molecule has 0 aliphatic rings. The summed E-state index contributed by atoms with van der Waals surface area (Å²) in [6.07, 6.45) is 1.30. The van der Waals surface area contributed by atoms with E-state index in [1.165, 1.54) is 30.5 Å². The fourth-order valence-corrected chi connectivity index (χ4v) is 4.35. The number of aromatic hydroxyl groups is 2. The Bertz CT molecular complexity index is 1110. The molecule has 1 heterocycles. The minimum atomic E-state index is -3.76. The highest BCUT2D eigenvalue weighted by Gasteiger charge is 2.27. The average Bonchev–Trinajstić information content (AvgIpc) is 3.00. The van der Waals surface area contributed by atoms with Crippen molar-refractivity contribution in [2.45, 2.75) is 17.6 Å². The van der Waals surface area contributed by atoms with Crippen molar-refractivity contribution in [2.24, 2.45) is 0 Å². The third-order valence-corrected chi connectivity index (χ3v) is 6.01. The Morgan fingerprint density at radius 2 is 1.79 bits per heavy atom. The summed E-state index contributed by atoms with van der Waals surface area (Å²) in [5, 5.41) is 20.6. The van der Waals surface area contributed by atoms with Crippen molar-refractivity contribution in [2.75, 3.05) is 7.11 Å². The Morgan fingerprint density at radius 1 is 1.11 bits per heavy atom. The average molecular weight is 402 g/mol. The fraction of sp³-hybridized carbons (Fsp3) is 0.150. The summed E-state index contributed by atoms with van der Waals surface area (Å²) in [4.78, 5) is 12.4. The summed E-state index contributed by atoms with van der Waals surface area (Å²) in [5.41, 5.74) is 0.676. The normalized spacial score (nSPS) is 11.4. The molecule has 0 radical (unpaired) electrons.